The van der Waals surface area contributed by atoms with Crippen LogP contribution in [0.2, 0.25) is 18.6 Å². The second-order valence-electron chi connectivity index (χ2n) is 14.3. The normalized spacial score (nSPS) is 23.4. The van der Waals surface area contributed by atoms with Crippen molar-refractivity contribution in [2.24, 2.45) is 5.92 Å². The maximum Gasteiger partial charge on any atom is 0.264 e. The second-order valence-corrected chi connectivity index (χ2v) is 19.9. The zero-order chi connectivity index (χ0) is 35.9. The highest BCUT2D eigenvalue weighted by molar-refractivity contribution is 9.10. The van der Waals surface area contributed by atoms with Gasteiger partial charge in [-0.3, -0.25) is 14.3 Å². The molecule has 0 unspecified atom stereocenters. The number of aliphatic hydroxyl groups excluding tert-OH is 1. The van der Waals surface area contributed by atoms with Gasteiger partial charge >= 0.3 is 0 Å². The quantitative estimate of drug-likeness (QED) is 0.216. The summed E-state index contributed by atoms with van der Waals surface area (Å²) in [5, 5.41) is 22.4. The first-order chi connectivity index (χ1) is 24.6. The number of ether oxygens (including phenoxy) is 2. The number of hydrogen-bond donors (Lipinski definition) is 2. The lowest BCUT2D eigenvalue weighted by atomic mass is 9.82. The van der Waals surface area contributed by atoms with E-state index in [0.717, 1.165) is 45.0 Å². The van der Waals surface area contributed by atoms with Crippen LogP contribution in [0.4, 0.5) is 11.4 Å². The summed E-state index contributed by atoms with van der Waals surface area (Å²) >= 11 is 3.71. The molecule has 0 radical (unpaired) electrons. The number of nitrogens with zero attached hydrogens (tertiary/aromatic N) is 5. The summed E-state index contributed by atoms with van der Waals surface area (Å²) in [6.07, 6.45) is 2.72. The summed E-state index contributed by atoms with van der Waals surface area (Å²) < 4.78 is 15.5. The molecule has 1 aromatic heterocycles. The standard InChI is InChI=1S/C38H45BrN6O5Si/c1-25-36(51(3,4)31-11-9-30(49-2)10-12-31)34(14-17-43-24-28(15-19-46)41-42-43)50-38(25)32-21-27(39)8-13-33(32)45(37(38)48)23-26-6-5-7-29(20-26)44-18-16-40-22-35(44)47/h5-13,20-21,24-25,34,36,40,46H,14-19,22-23H2,1-4H3/t25-,34+,36-,38+/m0/s1. The van der Waals surface area contributed by atoms with Gasteiger partial charge in [-0.15, -0.1) is 5.10 Å². The minimum absolute atomic E-state index is 0.0138. The average Bonchev–Trinajstić information content (AvgIpc) is 3.77. The average molecular weight is 774 g/mol. The van der Waals surface area contributed by atoms with Crippen LogP contribution in [0.25, 0.3) is 0 Å². The van der Waals surface area contributed by atoms with Gasteiger partial charge in [0, 0.05) is 60.5 Å². The van der Waals surface area contributed by atoms with E-state index in [1.807, 2.05) is 69.2 Å². The van der Waals surface area contributed by atoms with E-state index in [1.165, 1.54) is 5.19 Å². The van der Waals surface area contributed by atoms with Crippen molar-refractivity contribution >= 4 is 52.4 Å². The fourth-order valence-electron chi connectivity index (χ4n) is 8.53. The predicted molar refractivity (Wildman–Crippen MR) is 202 cm³/mol. The molecule has 0 aliphatic carbocycles. The third-order valence-corrected chi connectivity index (χ3v) is 15.9. The Labute approximate surface area is 308 Å². The van der Waals surface area contributed by atoms with Gasteiger partial charge in [0.1, 0.15) is 5.75 Å². The van der Waals surface area contributed by atoms with Crippen molar-refractivity contribution in [3.8, 4) is 5.75 Å². The first-order valence-corrected chi connectivity index (χ1v) is 21.5. The zero-order valence-electron chi connectivity index (χ0n) is 29.5. The van der Waals surface area contributed by atoms with E-state index in [-0.39, 0.29) is 36.0 Å². The van der Waals surface area contributed by atoms with Gasteiger partial charge in [-0.2, -0.15) is 0 Å². The molecule has 4 aromatic rings. The third kappa shape index (κ3) is 6.43. The number of amides is 2. The number of fused-ring (bicyclic) bond motifs is 2. The molecule has 2 N–H and O–H groups in total. The Morgan fingerprint density at radius 2 is 1.92 bits per heavy atom. The molecule has 3 aromatic carbocycles. The molecule has 3 aliphatic heterocycles. The van der Waals surface area contributed by atoms with Gasteiger partial charge in [-0.1, -0.05) is 70.6 Å². The van der Waals surface area contributed by atoms with Crippen molar-refractivity contribution in [2.75, 3.05) is 43.2 Å². The van der Waals surface area contributed by atoms with Gasteiger partial charge in [0.05, 0.1) is 45.8 Å². The number of benzene rings is 3. The van der Waals surface area contributed by atoms with Gasteiger partial charge in [0.25, 0.3) is 5.91 Å². The fraction of sp³-hybridized carbons (Fsp3) is 0.421. The minimum Gasteiger partial charge on any atom is -0.497 e. The monoisotopic (exact) mass is 772 g/mol. The molecular weight excluding hydrogens is 728 g/mol. The van der Waals surface area contributed by atoms with Crippen molar-refractivity contribution < 1.29 is 24.2 Å². The van der Waals surface area contributed by atoms with E-state index in [4.69, 9.17) is 9.47 Å². The highest BCUT2D eigenvalue weighted by Crippen LogP contribution is 2.60. The van der Waals surface area contributed by atoms with E-state index in [0.29, 0.717) is 39.0 Å². The van der Waals surface area contributed by atoms with Crippen LogP contribution in [0.1, 0.15) is 30.2 Å². The van der Waals surface area contributed by atoms with E-state index in [2.05, 4.69) is 69.8 Å². The molecule has 4 heterocycles. The Kier molecular flexibility index (Phi) is 9.94. The van der Waals surface area contributed by atoms with E-state index in [9.17, 15) is 9.90 Å². The summed E-state index contributed by atoms with van der Waals surface area (Å²) in [7, 11) is -0.650. The number of piperazine rings is 1. The molecule has 51 heavy (non-hydrogen) atoms. The van der Waals surface area contributed by atoms with Gasteiger partial charge < -0.3 is 29.7 Å². The van der Waals surface area contributed by atoms with Gasteiger partial charge in [0.2, 0.25) is 5.91 Å². The van der Waals surface area contributed by atoms with E-state index >= 15 is 4.79 Å². The number of carbonyl (C=O) groups is 2. The van der Waals surface area contributed by atoms with Crippen molar-refractivity contribution in [3.63, 3.8) is 0 Å². The summed E-state index contributed by atoms with van der Waals surface area (Å²) in [4.78, 5) is 31.6. The van der Waals surface area contributed by atoms with Crippen LogP contribution in [0.15, 0.2) is 77.4 Å². The molecule has 2 fully saturated rings. The van der Waals surface area contributed by atoms with E-state index in [1.54, 1.807) is 7.11 Å². The highest BCUT2D eigenvalue weighted by Gasteiger charge is 2.66. The van der Waals surface area contributed by atoms with Crippen LogP contribution < -0.4 is 25.0 Å². The molecule has 0 bridgehead atoms. The Balaban J connectivity index is 1.26. The lowest BCUT2D eigenvalue weighted by Gasteiger charge is -2.37. The molecule has 4 atom stereocenters. The lowest BCUT2D eigenvalue weighted by Crippen LogP contribution is -2.51. The summed E-state index contributed by atoms with van der Waals surface area (Å²) in [6, 6.07) is 22.4. The maximum atomic E-state index is 15.2. The molecule has 2 saturated heterocycles. The van der Waals surface area contributed by atoms with Crippen molar-refractivity contribution in [3.05, 3.63) is 94.2 Å². The van der Waals surface area contributed by atoms with Crippen LogP contribution in [0, 0.1) is 5.92 Å². The Bertz CT molecular complexity index is 1920. The highest BCUT2D eigenvalue weighted by atomic mass is 79.9. The van der Waals surface area contributed by atoms with Crippen molar-refractivity contribution in [1.82, 2.24) is 20.3 Å². The van der Waals surface area contributed by atoms with Crippen molar-refractivity contribution in [2.45, 2.75) is 63.2 Å². The summed E-state index contributed by atoms with van der Waals surface area (Å²) in [5.74, 6) is 0.629. The molecule has 0 saturated carbocycles. The number of halogens is 1. The predicted octanol–water partition coefficient (Wildman–Crippen LogP) is 4.37. The topological polar surface area (TPSA) is 122 Å². The Morgan fingerprint density at radius 3 is 2.67 bits per heavy atom. The summed E-state index contributed by atoms with van der Waals surface area (Å²) in [6.45, 7) is 9.53. The van der Waals surface area contributed by atoms with Gasteiger partial charge in [-0.05, 0) is 60.0 Å². The first-order valence-electron chi connectivity index (χ1n) is 17.6. The molecule has 11 nitrogen and oxygen atoms in total. The Hall–Kier alpha value is -3.88. The van der Waals surface area contributed by atoms with Gasteiger partial charge in [0.15, 0.2) is 5.60 Å². The number of aliphatic hydroxyl groups is 1. The van der Waals surface area contributed by atoms with Crippen LogP contribution in [-0.4, -0.2) is 79.4 Å². The molecule has 1 spiro atoms. The third-order valence-electron chi connectivity index (χ3n) is 11.0. The number of rotatable bonds is 11. The number of aromatic nitrogens is 3. The van der Waals surface area contributed by atoms with Crippen LogP contribution >= 0.6 is 15.9 Å². The number of aryl methyl sites for hydroxylation is 1. The number of carbonyl (C=O) groups excluding carboxylic acids is 2. The number of nitrogens with one attached hydrogen (secondary N) is 1. The molecule has 3 aliphatic rings. The Morgan fingerprint density at radius 1 is 1.12 bits per heavy atom. The largest absolute Gasteiger partial charge is 0.497 e. The van der Waals surface area contributed by atoms with Crippen molar-refractivity contribution in [1.29, 1.82) is 0 Å². The second kappa shape index (κ2) is 14.3. The molecular formula is C38H45BrN6O5Si. The van der Waals surface area contributed by atoms with E-state index < -0.39 is 13.7 Å². The number of hydrogen-bond acceptors (Lipinski definition) is 8. The van der Waals surface area contributed by atoms with Gasteiger partial charge in [-0.25, -0.2) is 0 Å². The smallest absolute Gasteiger partial charge is 0.264 e. The first kappa shape index (κ1) is 35.5. The van der Waals surface area contributed by atoms with Crippen LogP contribution in [-0.2, 0) is 39.4 Å². The van der Waals surface area contributed by atoms with Crippen LogP contribution in [0.5, 0.6) is 5.75 Å². The minimum atomic E-state index is -2.33. The number of methoxy groups -OCH3 is 1. The van der Waals surface area contributed by atoms with Crippen LogP contribution in [0.3, 0.4) is 0 Å². The zero-order valence-corrected chi connectivity index (χ0v) is 32.1. The maximum absolute atomic E-state index is 15.2. The molecule has 7 rings (SSSR count). The summed E-state index contributed by atoms with van der Waals surface area (Å²) in [5.41, 5.74) is 3.11. The molecule has 13 heteroatoms. The number of anilines is 2. The molecule has 2 amide bonds. The lowest BCUT2D eigenvalue weighted by molar-refractivity contribution is -0.146. The molecule has 268 valence electrons. The SMILES string of the molecule is COc1ccc([Si](C)(C)[C@@H]2[C@@H](CCn3cc(CCO)nn3)O[C@]3(C(=O)N(Cc4cccc(N5CCNCC5=O)c4)c4ccc(Br)cc43)[C@H]2C)cc1. The fourth-order valence-corrected chi connectivity index (χ4v) is 13.0.